The maximum Gasteiger partial charge on any atom is 0.450 e. The van der Waals surface area contributed by atoms with Gasteiger partial charge in [-0.3, -0.25) is 4.98 Å². The highest BCUT2D eigenvalue weighted by molar-refractivity contribution is 5.56. The lowest BCUT2D eigenvalue weighted by Crippen LogP contribution is -2.04. The van der Waals surface area contributed by atoms with Crippen molar-refractivity contribution < 1.29 is 26.8 Å². The summed E-state index contributed by atoms with van der Waals surface area (Å²) in [6, 6.07) is 14.0. The Kier molecular flexibility index (Phi) is 5.03. The quantitative estimate of drug-likeness (QED) is 0.457. The Morgan fingerprint density at radius 2 is 1.83 bits per heavy atom. The molecule has 0 radical (unpaired) electrons. The van der Waals surface area contributed by atoms with E-state index in [1.54, 1.807) is 18.3 Å². The van der Waals surface area contributed by atoms with Crippen LogP contribution in [0.1, 0.15) is 22.8 Å². The van der Waals surface area contributed by atoms with E-state index in [0.717, 1.165) is 23.6 Å². The molecular weight excluding hydrogens is 387 g/mol. The third-order valence-corrected chi connectivity index (χ3v) is 4.02. The van der Waals surface area contributed by atoms with Crippen LogP contribution in [0.15, 0.2) is 69.9 Å². The van der Waals surface area contributed by atoms with Gasteiger partial charge in [0.1, 0.15) is 12.4 Å². The maximum atomic E-state index is 12.9. The van der Waals surface area contributed by atoms with Gasteiger partial charge in [-0.15, -0.1) is 0 Å². The Morgan fingerprint density at radius 1 is 1.00 bits per heavy atom. The summed E-state index contributed by atoms with van der Waals surface area (Å²) < 4.78 is 53.9. The number of alkyl halides is 3. The van der Waals surface area contributed by atoms with Crippen LogP contribution in [0.3, 0.4) is 0 Å². The van der Waals surface area contributed by atoms with Gasteiger partial charge in [0, 0.05) is 12.6 Å². The number of nitrogens with zero attached hydrogens (tertiary/aromatic N) is 3. The number of rotatable bonds is 6. The number of hydrogen-bond acceptors (Lipinski definition) is 6. The Bertz CT molecular complexity index is 1070. The summed E-state index contributed by atoms with van der Waals surface area (Å²) in [6.45, 7) is 0.348. The van der Waals surface area contributed by atoms with E-state index >= 15 is 0 Å². The van der Waals surface area contributed by atoms with E-state index in [9.17, 15) is 13.2 Å². The number of hydrogen-bond donors (Lipinski definition) is 0. The molecule has 6 nitrogen and oxygen atoms in total. The molecule has 0 saturated carbocycles. The minimum absolute atomic E-state index is 0.239. The van der Waals surface area contributed by atoms with Gasteiger partial charge in [0.2, 0.25) is 5.76 Å². The fourth-order valence-electron chi connectivity index (χ4n) is 2.66. The molecule has 0 bridgehead atoms. The van der Waals surface area contributed by atoms with Crippen molar-refractivity contribution >= 4 is 0 Å². The van der Waals surface area contributed by atoms with Gasteiger partial charge in [-0.2, -0.15) is 18.2 Å². The highest BCUT2D eigenvalue weighted by Crippen LogP contribution is 2.37. The lowest BCUT2D eigenvalue weighted by molar-refractivity contribution is -0.152. The molecule has 0 fully saturated rings. The van der Waals surface area contributed by atoms with Gasteiger partial charge in [0.25, 0.3) is 5.89 Å². The lowest BCUT2D eigenvalue weighted by atomic mass is 10.1. The summed E-state index contributed by atoms with van der Waals surface area (Å²) in [7, 11) is 0. The first-order valence-corrected chi connectivity index (χ1v) is 8.58. The van der Waals surface area contributed by atoms with Gasteiger partial charge in [-0.25, -0.2) is 0 Å². The van der Waals surface area contributed by atoms with Crippen molar-refractivity contribution in [2.75, 3.05) is 0 Å². The van der Waals surface area contributed by atoms with Crippen LogP contribution in [-0.4, -0.2) is 15.1 Å². The van der Waals surface area contributed by atoms with Crippen molar-refractivity contribution in [1.29, 1.82) is 0 Å². The van der Waals surface area contributed by atoms with Crippen LogP contribution in [0.25, 0.3) is 11.5 Å². The van der Waals surface area contributed by atoms with E-state index in [1.807, 2.05) is 30.3 Å². The van der Waals surface area contributed by atoms with E-state index in [-0.39, 0.29) is 17.3 Å². The predicted octanol–water partition coefficient (Wildman–Crippen LogP) is 4.91. The fourth-order valence-corrected chi connectivity index (χ4v) is 2.66. The largest absolute Gasteiger partial charge is 0.487 e. The second-order valence-corrected chi connectivity index (χ2v) is 6.11. The molecule has 0 unspecified atom stereocenters. The van der Waals surface area contributed by atoms with Crippen LogP contribution < -0.4 is 4.74 Å². The van der Waals surface area contributed by atoms with E-state index in [0.29, 0.717) is 18.8 Å². The molecular formula is C20H14F3N3O3. The molecule has 0 aliphatic heterocycles. The zero-order valence-electron chi connectivity index (χ0n) is 14.9. The van der Waals surface area contributed by atoms with E-state index in [2.05, 4.69) is 19.5 Å². The first-order chi connectivity index (χ1) is 14.0. The van der Waals surface area contributed by atoms with Crippen LogP contribution in [-0.2, 0) is 19.2 Å². The minimum atomic E-state index is -4.64. The number of halogens is 3. The summed E-state index contributed by atoms with van der Waals surface area (Å²) in [6.07, 6.45) is -1.71. The third-order valence-electron chi connectivity index (χ3n) is 4.02. The maximum absolute atomic E-state index is 12.9. The van der Waals surface area contributed by atoms with Crippen molar-refractivity contribution in [3.8, 4) is 17.2 Å². The molecule has 29 heavy (non-hydrogen) atoms. The van der Waals surface area contributed by atoms with Crippen molar-refractivity contribution in [3.05, 3.63) is 83.8 Å². The number of pyridine rings is 1. The first-order valence-electron chi connectivity index (χ1n) is 8.58. The summed E-state index contributed by atoms with van der Waals surface area (Å²) in [5, 5.41) is 3.75. The van der Waals surface area contributed by atoms with Gasteiger partial charge < -0.3 is 13.7 Å². The molecule has 0 saturated heterocycles. The SMILES string of the molecule is FC(F)(F)c1occc1-c1nc(Cc2ccc(OCc3ccccn3)cc2)no1. The molecule has 3 aromatic heterocycles. The number of benzene rings is 1. The van der Waals surface area contributed by atoms with Crippen LogP contribution in [0.2, 0.25) is 0 Å². The normalized spacial score (nSPS) is 11.6. The molecule has 0 aliphatic carbocycles. The van der Waals surface area contributed by atoms with Crippen LogP contribution in [0, 0.1) is 0 Å². The molecule has 148 valence electrons. The van der Waals surface area contributed by atoms with E-state index in [1.165, 1.54) is 0 Å². The molecule has 0 spiro atoms. The van der Waals surface area contributed by atoms with Gasteiger partial charge in [-0.05, 0) is 35.9 Å². The van der Waals surface area contributed by atoms with E-state index in [4.69, 9.17) is 9.26 Å². The molecule has 0 aliphatic rings. The van der Waals surface area contributed by atoms with Gasteiger partial charge in [0.05, 0.1) is 17.5 Å². The number of aromatic nitrogens is 3. The van der Waals surface area contributed by atoms with Crippen molar-refractivity contribution in [3.63, 3.8) is 0 Å². The standard InChI is InChI=1S/C20H14F3N3O3/c21-20(22,23)18-16(8-10-27-18)19-25-17(26-29-19)11-13-4-6-15(7-5-13)28-12-14-3-1-2-9-24-14/h1-10H,11-12H2. The van der Waals surface area contributed by atoms with Crippen LogP contribution in [0.4, 0.5) is 13.2 Å². The molecule has 0 N–H and O–H groups in total. The summed E-state index contributed by atoms with van der Waals surface area (Å²) in [5.41, 5.74) is 1.38. The fraction of sp³-hybridized carbons (Fsp3) is 0.150. The number of ether oxygens (including phenoxy) is 1. The molecule has 0 atom stereocenters. The van der Waals surface area contributed by atoms with Crippen LogP contribution >= 0.6 is 0 Å². The second-order valence-electron chi connectivity index (χ2n) is 6.11. The smallest absolute Gasteiger partial charge is 0.450 e. The highest BCUT2D eigenvalue weighted by Gasteiger charge is 2.39. The summed E-state index contributed by atoms with van der Waals surface area (Å²) in [4.78, 5) is 8.23. The number of furan rings is 1. The monoisotopic (exact) mass is 401 g/mol. The van der Waals surface area contributed by atoms with Gasteiger partial charge in [0.15, 0.2) is 5.82 Å². The Labute approximate surface area is 163 Å². The summed E-state index contributed by atoms with van der Waals surface area (Å²) in [5.74, 6) is -0.476. The Balaban J connectivity index is 1.41. The average molecular weight is 401 g/mol. The zero-order chi connectivity index (χ0) is 20.3. The van der Waals surface area contributed by atoms with Gasteiger partial charge >= 0.3 is 6.18 Å². The van der Waals surface area contributed by atoms with E-state index < -0.39 is 11.9 Å². The van der Waals surface area contributed by atoms with Crippen molar-refractivity contribution in [2.45, 2.75) is 19.2 Å². The second kappa shape index (κ2) is 7.78. The summed E-state index contributed by atoms with van der Waals surface area (Å²) >= 11 is 0. The molecule has 4 aromatic rings. The van der Waals surface area contributed by atoms with Gasteiger partial charge in [-0.1, -0.05) is 23.4 Å². The van der Waals surface area contributed by atoms with Crippen molar-refractivity contribution in [1.82, 2.24) is 15.1 Å². The Hall–Kier alpha value is -3.62. The first kappa shape index (κ1) is 18.7. The van der Waals surface area contributed by atoms with Crippen molar-refractivity contribution in [2.24, 2.45) is 0 Å². The van der Waals surface area contributed by atoms with Crippen LogP contribution in [0.5, 0.6) is 5.75 Å². The third kappa shape index (κ3) is 4.45. The average Bonchev–Trinajstić information content (AvgIpc) is 3.37. The lowest BCUT2D eigenvalue weighted by Gasteiger charge is -2.06. The topological polar surface area (TPSA) is 74.2 Å². The molecule has 0 amide bonds. The molecule has 9 heteroatoms. The minimum Gasteiger partial charge on any atom is -0.487 e. The molecule has 1 aromatic carbocycles. The molecule has 4 rings (SSSR count). The molecule has 3 heterocycles. The Morgan fingerprint density at radius 3 is 2.55 bits per heavy atom. The predicted molar refractivity (Wildman–Crippen MR) is 94.8 cm³/mol. The zero-order valence-corrected chi connectivity index (χ0v) is 14.9. The highest BCUT2D eigenvalue weighted by atomic mass is 19.4.